The first kappa shape index (κ1) is 12.4. The van der Waals surface area contributed by atoms with Crippen molar-refractivity contribution in [2.45, 2.75) is 20.4 Å². The Bertz CT molecular complexity index is 532. The number of benzene rings is 1. The van der Waals surface area contributed by atoms with Crippen molar-refractivity contribution in [2.24, 2.45) is 0 Å². The maximum atomic E-state index is 12.0. The van der Waals surface area contributed by atoms with E-state index in [0.29, 0.717) is 6.54 Å². The molecule has 0 fully saturated rings. The van der Waals surface area contributed by atoms with Crippen molar-refractivity contribution >= 4 is 5.91 Å². The Morgan fingerprint density at radius 1 is 1.39 bits per heavy atom. The molecule has 1 heterocycles. The number of aryl methyl sites for hydroxylation is 2. The molecule has 1 aromatic carbocycles. The van der Waals surface area contributed by atoms with Crippen LogP contribution in [-0.2, 0) is 6.54 Å². The molecule has 2 rings (SSSR count). The third-order valence-electron chi connectivity index (χ3n) is 2.84. The molecule has 0 radical (unpaired) electrons. The number of hydrogen-bond donors (Lipinski definition) is 1. The molecule has 0 unspecified atom stereocenters. The molecule has 0 aliphatic heterocycles. The Morgan fingerprint density at radius 2 is 2.22 bits per heavy atom. The molecule has 0 atom stereocenters. The summed E-state index contributed by atoms with van der Waals surface area (Å²) in [7, 11) is 0. The van der Waals surface area contributed by atoms with Crippen LogP contribution in [0.25, 0.3) is 0 Å². The Hall–Kier alpha value is -2.10. The molecular formula is C14H17N3O. The van der Waals surface area contributed by atoms with Crippen LogP contribution in [0.1, 0.15) is 21.5 Å². The SMILES string of the molecule is Cc1ccc(C(=O)NCCn2ccnc2)c(C)c1. The quantitative estimate of drug-likeness (QED) is 0.892. The lowest BCUT2D eigenvalue weighted by Gasteiger charge is -2.08. The summed E-state index contributed by atoms with van der Waals surface area (Å²) < 4.78 is 1.93. The fourth-order valence-corrected chi connectivity index (χ4v) is 1.88. The summed E-state index contributed by atoms with van der Waals surface area (Å²) in [6, 6.07) is 5.85. The molecule has 18 heavy (non-hydrogen) atoms. The van der Waals surface area contributed by atoms with Gasteiger partial charge in [0.1, 0.15) is 0 Å². The van der Waals surface area contributed by atoms with Crippen molar-refractivity contribution < 1.29 is 4.79 Å². The summed E-state index contributed by atoms with van der Waals surface area (Å²) in [6.45, 7) is 5.31. The molecule has 0 spiro atoms. The molecule has 0 saturated heterocycles. The molecule has 1 N–H and O–H groups in total. The van der Waals surface area contributed by atoms with E-state index in [4.69, 9.17) is 0 Å². The lowest BCUT2D eigenvalue weighted by Crippen LogP contribution is -2.27. The van der Waals surface area contributed by atoms with E-state index in [2.05, 4.69) is 10.3 Å². The maximum absolute atomic E-state index is 12.0. The molecule has 1 amide bonds. The normalized spacial score (nSPS) is 10.3. The number of carbonyl (C=O) groups excluding carboxylic acids is 1. The zero-order valence-corrected chi connectivity index (χ0v) is 10.7. The molecule has 2 aromatic rings. The van der Waals surface area contributed by atoms with Crippen LogP contribution >= 0.6 is 0 Å². The highest BCUT2D eigenvalue weighted by molar-refractivity contribution is 5.95. The van der Waals surface area contributed by atoms with E-state index in [1.54, 1.807) is 12.5 Å². The minimum Gasteiger partial charge on any atom is -0.350 e. The number of carbonyl (C=O) groups is 1. The van der Waals surface area contributed by atoms with E-state index in [1.165, 1.54) is 5.56 Å². The highest BCUT2D eigenvalue weighted by Crippen LogP contribution is 2.10. The van der Waals surface area contributed by atoms with E-state index < -0.39 is 0 Å². The number of aromatic nitrogens is 2. The van der Waals surface area contributed by atoms with Gasteiger partial charge in [0.25, 0.3) is 5.91 Å². The molecule has 4 heteroatoms. The van der Waals surface area contributed by atoms with Crippen molar-refractivity contribution in [2.75, 3.05) is 6.54 Å². The summed E-state index contributed by atoms with van der Waals surface area (Å²) in [6.07, 6.45) is 5.35. The second-order valence-corrected chi connectivity index (χ2v) is 4.37. The van der Waals surface area contributed by atoms with E-state index in [1.807, 2.05) is 42.8 Å². The van der Waals surface area contributed by atoms with Crippen LogP contribution in [0.3, 0.4) is 0 Å². The minimum absolute atomic E-state index is 0.0207. The highest BCUT2D eigenvalue weighted by atomic mass is 16.1. The third-order valence-corrected chi connectivity index (χ3v) is 2.84. The van der Waals surface area contributed by atoms with Gasteiger partial charge in [0, 0.05) is 31.0 Å². The van der Waals surface area contributed by atoms with Gasteiger partial charge in [0.05, 0.1) is 6.33 Å². The Kier molecular flexibility index (Phi) is 3.77. The van der Waals surface area contributed by atoms with Gasteiger partial charge in [-0.05, 0) is 25.5 Å². The smallest absolute Gasteiger partial charge is 0.251 e. The number of rotatable bonds is 4. The Morgan fingerprint density at radius 3 is 2.89 bits per heavy atom. The molecular weight excluding hydrogens is 226 g/mol. The maximum Gasteiger partial charge on any atom is 0.251 e. The molecule has 0 saturated carbocycles. The van der Waals surface area contributed by atoms with Crippen LogP contribution in [-0.4, -0.2) is 22.0 Å². The van der Waals surface area contributed by atoms with E-state index in [0.717, 1.165) is 17.7 Å². The van der Waals surface area contributed by atoms with Crippen LogP contribution in [0.5, 0.6) is 0 Å². The second-order valence-electron chi connectivity index (χ2n) is 4.37. The summed E-state index contributed by atoms with van der Waals surface area (Å²) >= 11 is 0. The van der Waals surface area contributed by atoms with Crippen LogP contribution in [0.15, 0.2) is 36.9 Å². The monoisotopic (exact) mass is 243 g/mol. The van der Waals surface area contributed by atoms with Gasteiger partial charge in [-0.2, -0.15) is 0 Å². The summed E-state index contributed by atoms with van der Waals surface area (Å²) in [5, 5.41) is 2.91. The van der Waals surface area contributed by atoms with E-state index in [9.17, 15) is 4.79 Å². The topological polar surface area (TPSA) is 46.9 Å². The predicted octanol–water partition coefficient (Wildman–Crippen LogP) is 1.93. The zero-order valence-electron chi connectivity index (χ0n) is 10.7. The Labute approximate surface area is 107 Å². The van der Waals surface area contributed by atoms with Gasteiger partial charge in [-0.3, -0.25) is 4.79 Å². The van der Waals surface area contributed by atoms with Gasteiger partial charge >= 0.3 is 0 Å². The van der Waals surface area contributed by atoms with Crippen LogP contribution in [0, 0.1) is 13.8 Å². The zero-order chi connectivity index (χ0) is 13.0. The average Bonchev–Trinajstić information content (AvgIpc) is 2.81. The van der Waals surface area contributed by atoms with E-state index >= 15 is 0 Å². The molecule has 94 valence electrons. The number of imidazole rings is 1. The van der Waals surface area contributed by atoms with Gasteiger partial charge in [-0.15, -0.1) is 0 Å². The number of nitrogens with zero attached hydrogens (tertiary/aromatic N) is 2. The van der Waals surface area contributed by atoms with Gasteiger partial charge in [-0.1, -0.05) is 17.7 Å². The second kappa shape index (κ2) is 5.49. The van der Waals surface area contributed by atoms with Crippen LogP contribution in [0.2, 0.25) is 0 Å². The number of hydrogen-bond acceptors (Lipinski definition) is 2. The fourth-order valence-electron chi connectivity index (χ4n) is 1.88. The number of amides is 1. The molecule has 0 aliphatic rings. The van der Waals surface area contributed by atoms with Crippen molar-refractivity contribution in [1.29, 1.82) is 0 Å². The van der Waals surface area contributed by atoms with Crippen molar-refractivity contribution in [3.8, 4) is 0 Å². The number of nitrogens with one attached hydrogen (secondary N) is 1. The summed E-state index contributed by atoms with van der Waals surface area (Å²) in [5.41, 5.74) is 2.92. The van der Waals surface area contributed by atoms with Crippen LogP contribution in [0.4, 0.5) is 0 Å². The van der Waals surface area contributed by atoms with Gasteiger partial charge < -0.3 is 9.88 Å². The van der Waals surface area contributed by atoms with Gasteiger partial charge in [-0.25, -0.2) is 4.98 Å². The molecule has 0 bridgehead atoms. The molecule has 0 aliphatic carbocycles. The average molecular weight is 243 g/mol. The third kappa shape index (κ3) is 2.97. The van der Waals surface area contributed by atoms with Crippen molar-refractivity contribution in [3.05, 3.63) is 53.6 Å². The highest BCUT2D eigenvalue weighted by Gasteiger charge is 2.07. The first-order valence-electron chi connectivity index (χ1n) is 5.98. The largest absolute Gasteiger partial charge is 0.350 e. The summed E-state index contributed by atoms with van der Waals surface area (Å²) in [4.78, 5) is 15.9. The van der Waals surface area contributed by atoms with Gasteiger partial charge in [0.2, 0.25) is 0 Å². The van der Waals surface area contributed by atoms with Crippen molar-refractivity contribution in [1.82, 2.24) is 14.9 Å². The fraction of sp³-hybridized carbons (Fsp3) is 0.286. The lowest BCUT2D eigenvalue weighted by atomic mass is 10.1. The molecule has 4 nitrogen and oxygen atoms in total. The predicted molar refractivity (Wildman–Crippen MR) is 70.5 cm³/mol. The van der Waals surface area contributed by atoms with E-state index in [-0.39, 0.29) is 5.91 Å². The first-order chi connectivity index (χ1) is 8.66. The Balaban J connectivity index is 1.91. The first-order valence-corrected chi connectivity index (χ1v) is 5.98. The summed E-state index contributed by atoms with van der Waals surface area (Å²) in [5.74, 6) is -0.0207. The minimum atomic E-state index is -0.0207. The lowest BCUT2D eigenvalue weighted by molar-refractivity contribution is 0.0951. The van der Waals surface area contributed by atoms with Crippen molar-refractivity contribution in [3.63, 3.8) is 0 Å². The van der Waals surface area contributed by atoms with Gasteiger partial charge in [0.15, 0.2) is 0 Å². The van der Waals surface area contributed by atoms with Crippen LogP contribution < -0.4 is 5.32 Å². The standard InChI is InChI=1S/C14H17N3O/c1-11-3-4-13(12(2)9-11)14(18)16-6-8-17-7-5-15-10-17/h3-5,7,9-10H,6,8H2,1-2H3,(H,16,18). The molecule has 1 aromatic heterocycles.